The molecule has 0 atom stereocenters. The molecule has 0 aliphatic heterocycles. The molecule has 17 heavy (non-hydrogen) atoms. The molecule has 7 heteroatoms. The maximum atomic E-state index is 11.3. The Morgan fingerprint density at radius 3 is 2.18 bits per heavy atom. The normalized spacial score (nSPS) is 12.3. The summed E-state index contributed by atoms with van der Waals surface area (Å²) in [6.45, 7) is 3.01. The van der Waals surface area contributed by atoms with Gasteiger partial charge in [0.15, 0.2) is 9.84 Å². The number of nitrogens with zero attached hydrogens (tertiary/aromatic N) is 2. The summed E-state index contributed by atoms with van der Waals surface area (Å²) in [5.74, 6) is -0.816. The van der Waals surface area contributed by atoms with E-state index in [9.17, 15) is 13.2 Å². The highest BCUT2D eigenvalue weighted by Gasteiger charge is 2.14. The molecule has 0 aromatic carbocycles. The molecule has 0 heterocycles. The summed E-state index contributed by atoms with van der Waals surface area (Å²) >= 11 is 0. The van der Waals surface area contributed by atoms with Gasteiger partial charge in [0.25, 0.3) is 0 Å². The summed E-state index contributed by atoms with van der Waals surface area (Å²) in [5, 5.41) is 8.73. The Labute approximate surface area is 103 Å². The molecule has 0 aromatic rings. The van der Waals surface area contributed by atoms with Crippen LogP contribution in [0.1, 0.15) is 6.92 Å². The second-order valence-electron chi connectivity index (χ2n) is 4.21. The number of sulfone groups is 1. The Bertz CT molecular complexity index is 327. The molecule has 0 unspecified atom stereocenters. The van der Waals surface area contributed by atoms with Gasteiger partial charge < -0.3 is 10.0 Å². The third-order valence-electron chi connectivity index (χ3n) is 2.38. The van der Waals surface area contributed by atoms with Gasteiger partial charge in [0.2, 0.25) is 0 Å². The highest BCUT2D eigenvalue weighted by molar-refractivity contribution is 7.91. The van der Waals surface area contributed by atoms with Crippen molar-refractivity contribution in [3.63, 3.8) is 0 Å². The molecule has 0 aromatic heterocycles. The quantitative estimate of drug-likeness (QED) is 0.599. The number of likely N-dealkylation sites (N-methyl/N-ethyl adjacent to an activating group) is 1. The highest BCUT2D eigenvalue weighted by Crippen LogP contribution is 1.95. The van der Waals surface area contributed by atoms with E-state index in [1.54, 1.807) is 11.8 Å². The Kier molecular flexibility index (Phi) is 7.33. The summed E-state index contributed by atoms with van der Waals surface area (Å²) in [6, 6.07) is 0. The molecule has 0 fully saturated rings. The van der Waals surface area contributed by atoms with Crippen molar-refractivity contribution in [1.29, 1.82) is 0 Å². The van der Waals surface area contributed by atoms with E-state index in [4.69, 9.17) is 5.11 Å². The summed E-state index contributed by atoms with van der Waals surface area (Å²) in [6.07, 6.45) is 0. The van der Waals surface area contributed by atoms with Crippen LogP contribution in [0.4, 0.5) is 0 Å². The van der Waals surface area contributed by atoms with Crippen LogP contribution < -0.4 is 0 Å². The number of carboxylic acids is 1. The fourth-order valence-corrected chi connectivity index (χ4v) is 2.04. The number of hydrogen-bond donors (Lipinski definition) is 1. The van der Waals surface area contributed by atoms with E-state index in [2.05, 4.69) is 0 Å². The lowest BCUT2D eigenvalue weighted by Gasteiger charge is -2.21. The SMILES string of the molecule is CCS(=O)(=O)CCN(CCN(C)C)CC(=O)O. The number of rotatable bonds is 9. The predicted molar refractivity (Wildman–Crippen MR) is 67.0 cm³/mol. The van der Waals surface area contributed by atoms with Gasteiger partial charge in [-0.25, -0.2) is 8.42 Å². The molecule has 0 aliphatic rings. The summed E-state index contributed by atoms with van der Waals surface area (Å²) < 4.78 is 22.7. The van der Waals surface area contributed by atoms with Gasteiger partial charge in [0.05, 0.1) is 12.3 Å². The first-order valence-corrected chi connectivity index (χ1v) is 7.38. The molecule has 1 N–H and O–H groups in total. The average molecular weight is 266 g/mol. The lowest BCUT2D eigenvalue weighted by molar-refractivity contribution is -0.138. The van der Waals surface area contributed by atoms with Crippen LogP contribution in [0, 0.1) is 0 Å². The molecular weight excluding hydrogens is 244 g/mol. The summed E-state index contributed by atoms with van der Waals surface area (Å²) in [7, 11) is 0.744. The van der Waals surface area contributed by atoms with Crippen LogP contribution in [0.25, 0.3) is 0 Å². The number of carbonyl (C=O) groups is 1. The van der Waals surface area contributed by atoms with E-state index in [1.807, 2.05) is 19.0 Å². The maximum absolute atomic E-state index is 11.3. The summed E-state index contributed by atoms with van der Waals surface area (Å²) in [4.78, 5) is 14.2. The fraction of sp³-hybridized carbons (Fsp3) is 0.900. The van der Waals surface area contributed by atoms with Gasteiger partial charge in [-0.15, -0.1) is 0 Å². The van der Waals surface area contributed by atoms with Crippen molar-refractivity contribution >= 4 is 15.8 Å². The number of carboxylic acid groups (broad SMARTS) is 1. The lowest BCUT2D eigenvalue weighted by Crippen LogP contribution is -2.38. The van der Waals surface area contributed by atoms with Crippen LogP contribution in [0.15, 0.2) is 0 Å². The van der Waals surface area contributed by atoms with Gasteiger partial charge >= 0.3 is 5.97 Å². The Morgan fingerprint density at radius 1 is 1.18 bits per heavy atom. The molecule has 0 saturated heterocycles. The van der Waals surface area contributed by atoms with E-state index >= 15 is 0 Å². The second kappa shape index (κ2) is 7.62. The van der Waals surface area contributed by atoms with Crippen LogP contribution >= 0.6 is 0 Å². The van der Waals surface area contributed by atoms with Gasteiger partial charge in [0, 0.05) is 25.4 Å². The first-order valence-electron chi connectivity index (χ1n) is 5.56. The van der Waals surface area contributed by atoms with Crippen molar-refractivity contribution in [1.82, 2.24) is 9.80 Å². The van der Waals surface area contributed by atoms with Crippen molar-refractivity contribution in [3.05, 3.63) is 0 Å². The summed E-state index contributed by atoms with van der Waals surface area (Å²) in [5.41, 5.74) is 0. The van der Waals surface area contributed by atoms with Crippen molar-refractivity contribution in [2.24, 2.45) is 0 Å². The van der Waals surface area contributed by atoms with Crippen LogP contribution in [0.5, 0.6) is 0 Å². The first kappa shape index (κ1) is 16.3. The van der Waals surface area contributed by atoms with Crippen LogP contribution in [0.3, 0.4) is 0 Å². The molecule has 0 saturated carbocycles. The molecule has 102 valence electrons. The zero-order valence-electron chi connectivity index (χ0n) is 10.7. The van der Waals surface area contributed by atoms with Crippen molar-refractivity contribution in [3.8, 4) is 0 Å². The molecule has 0 aliphatic carbocycles. The van der Waals surface area contributed by atoms with Gasteiger partial charge in [-0.05, 0) is 14.1 Å². The van der Waals surface area contributed by atoms with E-state index in [0.717, 1.165) is 0 Å². The monoisotopic (exact) mass is 266 g/mol. The topological polar surface area (TPSA) is 77.9 Å². The lowest BCUT2D eigenvalue weighted by atomic mass is 10.4. The van der Waals surface area contributed by atoms with Gasteiger partial charge in [0.1, 0.15) is 0 Å². The third kappa shape index (κ3) is 9.08. The number of aliphatic carboxylic acids is 1. The maximum Gasteiger partial charge on any atom is 0.317 e. The molecule has 0 radical (unpaired) electrons. The molecular formula is C10H22N2O4S. The largest absolute Gasteiger partial charge is 0.480 e. The Morgan fingerprint density at radius 2 is 1.76 bits per heavy atom. The minimum absolute atomic E-state index is 0.0181. The van der Waals surface area contributed by atoms with E-state index < -0.39 is 15.8 Å². The van der Waals surface area contributed by atoms with Crippen molar-refractivity contribution in [2.45, 2.75) is 6.92 Å². The molecule has 0 bridgehead atoms. The highest BCUT2D eigenvalue weighted by atomic mass is 32.2. The smallest absolute Gasteiger partial charge is 0.317 e. The average Bonchev–Trinajstić information content (AvgIpc) is 2.21. The fourth-order valence-electron chi connectivity index (χ4n) is 1.22. The van der Waals surface area contributed by atoms with E-state index in [1.165, 1.54) is 0 Å². The Hall–Kier alpha value is -0.660. The molecule has 6 nitrogen and oxygen atoms in total. The zero-order valence-corrected chi connectivity index (χ0v) is 11.5. The first-order chi connectivity index (χ1) is 7.76. The van der Waals surface area contributed by atoms with E-state index in [-0.39, 0.29) is 24.6 Å². The van der Waals surface area contributed by atoms with Gasteiger partial charge in [-0.2, -0.15) is 0 Å². The standard InChI is InChI=1S/C10H22N2O4S/c1-4-17(15,16)8-7-12(9-10(13)14)6-5-11(2)3/h4-9H2,1-3H3,(H,13,14). The molecule has 0 amide bonds. The van der Waals surface area contributed by atoms with Crippen molar-refractivity contribution < 1.29 is 18.3 Å². The predicted octanol–water partition coefficient (Wildman–Crippen LogP) is -0.631. The van der Waals surface area contributed by atoms with Gasteiger partial charge in [-0.1, -0.05) is 6.92 Å². The van der Waals surface area contributed by atoms with Crippen LogP contribution in [0.2, 0.25) is 0 Å². The minimum Gasteiger partial charge on any atom is -0.480 e. The van der Waals surface area contributed by atoms with Gasteiger partial charge in [-0.3, -0.25) is 9.69 Å². The van der Waals surface area contributed by atoms with E-state index in [0.29, 0.717) is 13.1 Å². The zero-order chi connectivity index (χ0) is 13.5. The Balaban J connectivity index is 4.24. The molecule has 0 rings (SSSR count). The number of hydrogen-bond acceptors (Lipinski definition) is 5. The second-order valence-corrected chi connectivity index (χ2v) is 6.68. The molecule has 0 spiro atoms. The van der Waals surface area contributed by atoms with Crippen LogP contribution in [-0.2, 0) is 14.6 Å². The minimum atomic E-state index is -3.04. The van der Waals surface area contributed by atoms with Crippen molar-refractivity contribution in [2.75, 3.05) is 51.8 Å². The van der Waals surface area contributed by atoms with Crippen LogP contribution in [-0.4, -0.2) is 81.1 Å². The third-order valence-corrected chi connectivity index (χ3v) is 4.06.